The molecule has 0 heterocycles. The average molecular weight is 274 g/mol. The number of rotatable bonds is 4. The fourth-order valence-corrected chi connectivity index (χ4v) is 2.45. The maximum atomic E-state index is 12.0. The quantitative estimate of drug-likeness (QED) is 0.518. The molecule has 1 aliphatic carbocycles. The highest BCUT2D eigenvalue weighted by Crippen LogP contribution is 2.22. The lowest BCUT2D eigenvalue weighted by molar-refractivity contribution is -0.145. The molecule has 20 heavy (non-hydrogen) atoms. The van der Waals surface area contributed by atoms with Gasteiger partial charge in [-0.3, -0.25) is 10.2 Å². The first-order chi connectivity index (χ1) is 9.81. The van der Waals surface area contributed by atoms with Gasteiger partial charge >= 0.3 is 5.97 Å². The van der Waals surface area contributed by atoms with Crippen LogP contribution in [0, 0.1) is 5.92 Å². The topological polar surface area (TPSA) is 50.7 Å². The van der Waals surface area contributed by atoms with Gasteiger partial charge in [0.2, 0.25) is 0 Å². The van der Waals surface area contributed by atoms with E-state index in [1.54, 1.807) is 0 Å². The van der Waals surface area contributed by atoms with E-state index in [2.05, 4.69) is 10.5 Å². The number of ether oxygens (including phenoxy) is 1. The summed E-state index contributed by atoms with van der Waals surface area (Å²) in [5.74, 6) is -0.323. The molecule has 0 aromatic heterocycles. The van der Waals surface area contributed by atoms with Gasteiger partial charge in [-0.15, -0.1) is 0 Å². The molecule has 0 amide bonds. The van der Waals surface area contributed by atoms with Crippen molar-refractivity contribution in [2.45, 2.75) is 39.0 Å². The first kappa shape index (κ1) is 14.6. The van der Waals surface area contributed by atoms with Crippen LogP contribution in [-0.2, 0) is 9.53 Å². The maximum absolute atomic E-state index is 12.0. The van der Waals surface area contributed by atoms with Crippen molar-refractivity contribution in [2.24, 2.45) is 11.0 Å². The van der Waals surface area contributed by atoms with Gasteiger partial charge in [0.25, 0.3) is 0 Å². The lowest BCUT2D eigenvalue weighted by atomic mass is 9.98. The van der Waals surface area contributed by atoms with Gasteiger partial charge in [-0.25, -0.2) is 0 Å². The standard InChI is InChI=1S/C16H22N2O2/c1-2-20-16(19)14-11-7-4-8-12-15(14)18-17-13-9-5-3-6-10-13/h3,5-6,9-10,14,17H,2,4,7-8,11-12H2,1H3. The Kier molecular flexibility index (Phi) is 5.59. The first-order valence-electron chi connectivity index (χ1n) is 7.35. The molecule has 1 aromatic carbocycles. The molecule has 1 aliphatic rings. The van der Waals surface area contributed by atoms with E-state index in [-0.39, 0.29) is 11.9 Å². The second kappa shape index (κ2) is 7.68. The van der Waals surface area contributed by atoms with Crippen molar-refractivity contribution < 1.29 is 9.53 Å². The molecule has 1 atom stereocenters. The van der Waals surface area contributed by atoms with Crippen molar-refractivity contribution >= 4 is 17.4 Å². The molecule has 1 saturated carbocycles. The van der Waals surface area contributed by atoms with Crippen LogP contribution in [0.2, 0.25) is 0 Å². The Morgan fingerprint density at radius 2 is 2.10 bits per heavy atom. The van der Waals surface area contributed by atoms with Crippen LogP contribution in [0.5, 0.6) is 0 Å². The van der Waals surface area contributed by atoms with Crippen molar-refractivity contribution in [3.05, 3.63) is 30.3 Å². The lowest BCUT2D eigenvalue weighted by Gasteiger charge is -2.15. The van der Waals surface area contributed by atoms with Crippen LogP contribution in [0.25, 0.3) is 0 Å². The average Bonchev–Trinajstić information content (AvgIpc) is 2.72. The van der Waals surface area contributed by atoms with Gasteiger partial charge < -0.3 is 4.74 Å². The first-order valence-corrected chi connectivity index (χ1v) is 7.35. The van der Waals surface area contributed by atoms with E-state index in [9.17, 15) is 4.79 Å². The summed E-state index contributed by atoms with van der Waals surface area (Å²) in [6.07, 6.45) is 5.01. The predicted molar refractivity (Wildman–Crippen MR) is 80.7 cm³/mol. The number of para-hydroxylation sites is 1. The SMILES string of the molecule is CCOC(=O)C1CCCCCC1=NNc1ccccc1. The maximum Gasteiger partial charge on any atom is 0.314 e. The number of hydrazone groups is 1. The predicted octanol–water partition coefficient (Wildman–Crippen LogP) is 3.60. The van der Waals surface area contributed by atoms with Crippen LogP contribution in [0.3, 0.4) is 0 Å². The van der Waals surface area contributed by atoms with Gasteiger partial charge in [0.05, 0.1) is 23.9 Å². The molecule has 108 valence electrons. The molecule has 0 bridgehead atoms. The third-order valence-corrected chi connectivity index (χ3v) is 3.50. The minimum absolute atomic E-state index is 0.136. The van der Waals surface area contributed by atoms with Crippen LogP contribution in [0.1, 0.15) is 39.0 Å². The molecule has 4 heteroatoms. The molecular formula is C16H22N2O2. The van der Waals surface area contributed by atoms with Crippen LogP contribution in [0.4, 0.5) is 5.69 Å². The molecule has 1 unspecified atom stereocenters. The Balaban J connectivity index is 2.09. The zero-order chi connectivity index (χ0) is 14.2. The Morgan fingerprint density at radius 1 is 1.30 bits per heavy atom. The minimum atomic E-state index is -0.186. The summed E-state index contributed by atoms with van der Waals surface area (Å²) in [4.78, 5) is 12.0. The fraction of sp³-hybridized carbons (Fsp3) is 0.500. The summed E-state index contributed by atoms with van der Waals surface area (Å²) in [7, 11) is 0. The second-order valence-electron chi connectivity index (χ2n) is 4.98. The Labute approximate surface area is 120 Å². The Bertz CT molecular complexity index is 457. The number of benzene rings is 1. The van der Waals surface area contributed by atoms with E-state index in [1.807, 2.05) is 37.3 Å². The fourth-order valence-electron chi connectivity index (χ4n) is 2.45. The summed E-state index contributed by atoms with van der Waals surface area (Å²) in [6, 6.07) is 9.79. The van der Waals surface area contributed by atoms with Crippen LogP contribution in [0.15, 0.2) is 35.4 Å². The van der Waals surface area contributed by atoms with Crippen LogP contribution >= 0.6 is 0 Å². The van der Waals surface area contributed by atoms with Gasteiger partial charge in [0.15, 0.2) is 0 Å². The molecule has 0 spiro atoms. The number of anilines is 1. The molecule has 2 rings (SSSR count). The van der Waals surface area contributed by atoms with E-state index in [4.69, 9.17) is 4.74 Å². The van der Waals surface area contributed by atoms with E-state index in [1.165, 1.54) is 0 Å². The van der Waals surface area contributed by atoms with E-state index in [0.29, 0.717) is 6.61 Å². The van der Waals surface area contributed by atoms with Crippen LogP contribution in [-0.4, -0.2) is 18.3 Å². The normalized spacial score (nSPS) is 21.2. The summed E-state index contributed by atoms with van der Waals surface area (Å²) in [6.45, 7) is 2.27. The van der Waals surface area contributed by atoms with E-state index in [0.717, 1.165) is 43.5 Å². The highest BCUT2D eigenvalue weighted by atomic mass is 16.5. The molecular weight excluding hydrogens is 252 g/mol. The molecule has 4 nitrogen and oxygen atoms in total. The number of hydrogen-bond acceptors (Lipinski definition) is 4. The number of nitrogens with one attached hydrogen (secondary N) is 1. The number of esters is 1. The molecule has 1 aromatic rings. The highest BCUT2D eigenvalue weighted by Gasteiger charge is 2.27. The van der Waals surface area contributed by atoms with Crippen molar-refractivity contribution in [1.29, 1.82) is 0 Å². The molecule has 0 aliphatic heterocycles. The van der Waals surface area contributed by atoms with Crippen molar-refractivity contribution in [1.82, 2.24) is 0 Å². The highest BCUT2D eigenvalue weighted by molar-refractivity contribution is 6.02. The minimum Gasteiger partial charge on any atom is -0.465 e. The summed E-state index contributed by atoms with van der Waals surface area (Å²) >= 11 is 0. The zero-order valence-corrected chi connectivity index (χ0v) is 12.0. The van der Waals surface area contributed by atoms with Gasteiger partial charge in [0.1, 0.15) is 0 Å². The molecule has 0 radical (unpaired) electrons. The Hall–Kier alpha value is -1.84. The monoisotopic (exact) mass is 274 g/mol. The number of hydrogen-bond donors (Lipinski definition) is 1. The smallest absolute Gasteiger partial charge is 0.314 e. The number of carbonyl (C=O) groups excluding carboxylic acids is 1. The van der Waals surface area contributed by atoms with Gasteiger partial charge in [-0.1, -0.05) is 31.0 Å². The van der Waals surface area contributed by atoms with Crippen molar-refractivity contribution in [3.63, 3.8) is 0 Å². The van der Waals surface area contributed by atoms with Crippen molar-refractivity contribution in [3.8, 4) is 0 Å². The summed E-state index contributed by atoms with van der Waals surface area (Å²) < 4.78 is 5.17. The molecule has 1 N–H and O–H groups in total. The van der Waals surface area contributed by atoms with E-state index >= 15 is 0 Å². The van der Waals surface area contributed by atoms with Crippen LogP contribution < -0.4 is 5.43 Å². The third kappa shape index (κ3) is 4.08. The molecule has 0 saturated heterocycles. The van der Waals surface area contributed by atoms with Crippen molar-refractivity contribution in [2.75, 3.05) is 12.0 Å². The number of carbonyl (C=O) groups is 1. The summed E-state index contributed by atoms with van der Waals surface area (Å²) in [5.41, 5.74) is 4.91. The largest absolute Gasteiger partial charge is 0.465 e. The zero-order valence-electron chi connectivity index (χ0n) is 12.0. The van der Waals surface area contributed by atoms with E-state index < -0.39 is 0 Å². The second-order valence-corrected chi connectivity index (χ2v) is 4.98. The van der Waals surface area contributed by atoms with Gasteiger partial charge in [0, 0.05) is 0 Å². The lowest BCUT2D eigenvalue weighted by Crippen LogP contribution is -2.26. The van der Waals surface area contributed by atoms with Gasteiger partial charge in [-0.05, 0) is 38.3 Å². The Morgan fingerprint density at radius 3 is 2.85 bits per heavy atom. The molecule has 1 fully saturated rings. The third-order valence-electron chi connectivity index (χ3n) is 3.50. The summed E-state index contributed by atoms with van der Waals surface area (Å²) in [5, 5.41) is 4.46. The van der Waals surface area contributed by atoms with Gasteiger partial charge in [-0.2, -0.15) is 5.10 Å². The number of nitrogens with zero attached hydrogens (tertiary/aromatic N) is 1.